The molecule has 0 saturated carbocycles. The summed E-state index contributed by atoms with van der Waals surface area (Å²) in [6.45, 7) is 5.47. The van der Waals surface area contributed by atoms with E-state index in [1.807, 2.05) is 31.2 Å². The molecular formula is C21H25FN2O2. The van der Waals surface area contributed by atoms with Gasteiger partial charge >= 0.3 is 0 Å². The van der Waals surface area contributed by atoms with Crippen LogP contribution in [0.1, 0.15) is 22.7 Å². The molecule has 2 aromatic rings. The van der Waals surface area contributed by atoms with Gasteiger partial charge in [-0.15, -0.1) is 0 Å². The molecule has 0 spiro atoms. The number of hydrogen-bond acceptors (Lipinski definition) is 3. The zero-order valence-electron chi connectivity index (χ0n) is 15.1. The quantitative estimate of drug-likeness (QED) is 0.865. The maximum absolute atomic E-state index is 13.3. The molecule has 1 saturated heterocycles. The predicted molar refractivity (Wildman–Crippen MR) is 99.4 cm³/mol. The van der Waals surface area contributed by atoms with E-state index in [1.165, 1.54) is 12.1 Å². The van der Waals surface area contributed by atoms with Crippen LogP contribution in [-0.4, -0.2) is 43.7 Å². The summed E-state index contributed by atoms with van der Waals surface area (Å²) in [6.07, 6.45) is 0.362. The van der Waals surface area contributed by atoms with Gasteiger partial charge in [0.25, 0.3) is 0 Å². The Labute approximate surface area is 154 Å². The standard InChI is InChI=1S/C21H25FN2O2/c1-16-3-2-4-17(13-16)14-21(25)23-15-20(24-9-11-26-12-10-24)18-5-7-19(22)8-6-18/h2-8,13,20H,9-12,14-15H2,1H3,(H,23,25). The first-order valence-corrected chi connectivity index (χ1v) is 9.01. The molecule has 138 valence electrons. The summed E-state index contributed by atoms with van der Waals surface area (Å²) in [5, 5.41) is 3.05. The van der Waals surface area contributed by atoms with Crippen molar-refractivity contribution < 1.29 is 13.9 Å². The van der Waals surface area contributed by atoms with Crippen molar-refractivity contribution in [2.24, 2.45) is 0 Å². The van der Waals surface area contributed by atoms with Crippen LogP contribution in [0.4, 0.5) is 4.39 Å². The number of hydrogen-bond donors (Lipinski definition) is 1. The molecule has 0 aromatic heterocycles. The molecule has 1 N–H and O–H groups in total. The van der Waals surface area contributed by atoms with Crippen molar-refractivity contribution in [3.63, 3.8) is 0 Å². The van der Waals surface area contributed by atoms with E-state index in [0.29, 0.717) is 26.2 Å². The van der Waals surface area contributed by atoms with Crippen LogP contribution in [-0.2, 0) is 16.0 Å². The Hall–Kier alpha value is -2.24. The second kappa shape index (κ2) is 8.92. The smallest absolute Gasteiger partial charge is 0.224 e. The van der Waals surface area contributed by atoms with Crippen molar-refractivity contribution in [2.75, 3.05) is 32.8 Å². The predicted octanol–water partition coefficient (Wildman–Crippen LogP) is 2.87. The summed E-state index contributed by atoms with van der Waals surface area (Å²) < 4.78 is 18.7. The molecule has 1 atom stereocenters. The van der Waals surface area contributed by atoms with Crippen molar-refractivity contribution in [1.29, 1.82) is 0 Å². The highest BCUT2D eigenvalue weighted by Crippen LogP contribution is 2.21. The summed E-state index contributed by atoms with van der Waals surface area (Å²) in [7, 11) is 0. The largest absolute Gasteiger partial charge is 0.379 e. The van der Waals surface area contributed by atoms with Crippen LogP contribution in [0.25, 0.3) is 0 Å². The van der Waals surface area contributed by atoms with Gasteiger partial charge < -0.3 is 10.1 Å². The summed E-state index contributed by atoms with van der Waals surface area (Å²) in [5.74, 6) is -0.256. The molecule has 5 heteroatoms. The van der Waals surface area contributed by atoms with Crippen LogP contribution < -0.4 is 5.32 Å². The number of aryl methyl sites for hydroxylation is 1. The topological polar surface area (TPSA) is 41.6 Å². The minimum Gasteiger partial charge on any atom is -0.379 e. The number of nitrogens with one attached hydrogen (secondary N) is 1. The second-order valence-corrected chi connectivity index (χ2v) is 6.69. The van der Waals surface area contributed by atoms with E-state index >= 15 is 0 Å². The van der Waals surface area contributed by atoms with E-state index in [9.17, 15) is 9.18 Å². The Bertz CT molecular complexity index is 727. The normalized spacial score (nSPS) is 16.2. The number of benzene rings is 2. The number of rotatable bonds is 6. The van der Waals surface area contributed by atoms with Crippen molar-refractivity contribution in [3.05, 3.63) is 71.0 Å². The highest BCUT2D eigenvalue weighted by Gasteiger charge is 2.23. The lowest BCUT2D eigenvalue weighted by Gasteiger charge is -2.35. The molecule has 3 rings (SSSR count). The maximum atomic E-state index is 13.3. The van der Waals surface area contributed by atoms with Crippen molar-refractivity contribution in [1.82, 2.24) is 10.2 Å². The first kappa shape index (κ1) is 18.5. The van der Waals surface area contributed by atoms with Gasteiger partial charge in [-0.1, -0.05) is 42.0 Å². The van der Waals surface area contributed by atoms with Crippen LogP contribution in [0.5, 0.6) is 0 Å². The minimum absolute atomic E-state index is 0.00373. The Balaban J connectivity index is 1.65. The van der Waals surface area contributed by atoms with E-state index in [0.717, 1.165) is 29.8 Å². The van der Waals surface area contributed by atoms with Gasteiger partial charge in [-0.2, -0.15) is 0 Å². The van der Waals surface area contributed by atoms with Gasteiger partial charge in [-0.3, -0.25) is 9.69 Å². The fraction of sp³-hybridized carbons (Fsp3) is 0.381. The average Bonchev–Trinajstić information content (AvgIpc) is 2.64. The van der Waals surface area contributed by atoms with E-state index < -0.39 is 0 Å². The monoisotopic (exact) mass is 356 g/mol. The van der Waals surface area contributed by atoms with Crippen molar-refractivity contribution in [2.45, 2.75) is 19.4 Å². The molecule has 2 aromatic carbocycles. The maximum Gasteiger partial charge on any atom is 0.224 e. The Kier molecular flexibility index (Phi) is 6.36. The highest BCUT2D eigenvalue weighted by atomic mass is 19.1. The lowest BCUT2D eigenvalue weighted by Crippen LogP contribution is -2.44. The number of nitrogens with zero attached hydrogens (tertiary/aromatic N) is 1. The summed E-state index contributed by atoms with van der Waals surface area (Å²) in [6, 6.07) is 14.5. The van der Waals surface area contributed by atoms with Crippen LogP contribution in [0.2, 0.25) is 0 Å². The van der Waals surface area contributed by atoms with E-state index in [4.69, 9.17) is 4.74 Å². The fourth-order valence-electron chi connectivity index (χ4n) is 3.31. The van der Waals surface area contributed by atoms with Crippen molar-refractivity contribution >= 4 is 5.91 Å². The van der Waals surface area contributed by atoms with Crippen LogP contribution in [0.3, 0.4) is 0 Å². The van der Waals surface area contributed by atoms with Gasteiger partial charge in [0, 0.05) is 19.6 Å². The zero-order chi connectivity index (χ0) is 18.4. The Morgan fingerprint density at radius 2 is 1.92 bits per heavy atom. The minimum atomic E-state index is -0.252. The Morgan fingerprint density at radius 3 is 2.62 bits per heavy atom. The summed E-state index contributed by atoms with van der Waals surface area (Å²) in [4.78, 5) is 14.7. The lowest BCUT2D eigenvalue weighted by molar-refractivity contribution is -0.120. The Morgan fingerprint density at radius 1 is 1.19 bits per heavy atom. The summed E-state index contributed by atoms with van der Waals surface area (Å²) >= 11 is 0. The first-order valence-electron chi connectivity index (χ1n) is 9.01. The van der Waals surface area contributed by atoms with Crippen LogP contribution in [0.15, 0.2) is 48.5 Å². The molecule has 1 aliphatic heterocycles. The third kappa shape index (κ3) is 5.13. The highest BCUT2D eigenvalue weighted by molar-refractivity contribution is 5.78. The molecule has 0 bridgehead atoms. The molecule has 1 amide bonds. The molecule has 1 aliphatic rings. The number of ether oxygens (including phenoxy) is 1. The second-order valence-electron chi connectivity index (χ2n) is 6.69. The number of amides is 1. The number of carbonyl (C=O) groups excluding carboxylic acids is 1. The first-order chi connectivity index (χ1) is 12.6. The number of carbonyl (C=O) groups is 1. The zero-order valence-corrected chi connectivity index (χ0v) is 15.1. The third-order valence-corrected chi connectivity index (χ3v) is 4.68. The van der Waals surface area contributed by atoms with Crippen LogP contribution in [0, 0.1) is 12.7 Å². The van der Waals surface area contributed by atoms with E-state index in [-0.39, 0.29) is 17.8 Å². The molecule has 0 aliphatic carbocycles. The molecular weight excluding hydrogens is 331 g/mol. The third-order valence-electron chi connectivity index (χ3n) is 4.68. The molecule has 0 radical (unpaired) electrons. The summed E-state index contributed by atoms with van der Waals surface area (Å²) in [5.41, 5.74) is 3.16. The lowest BCUT2D eigenvalue weighted by atomic mass is 10.0. The number of halogens is 1. The molecule has 26 heavy (non-hydrogen) atoms. The molecule has 1 heterocycles. The van der Waals surface area contributed by atoms with Gasteiger partial charge in [0.1, 0.15) is 5.82 Å². The van der Waals surface area contributed by atoms with Gasteiger partial charge in [0.2, 0.25) is 5.91 Å². The van der Waals surface area contributed by atoms with Crippen LogP contribution >= 0.6 is 0 Å². The number of morpholine rings is 1. The molecule has 4 nitrogen and oxygen atoms in total. The molecule has 1 unspecified atom stereocenters. The SMILES string of the molecule is Cc1cccc(CC(=O)NCC(c2ccc(F)cc2)N2CCOCC2)c1. The van der Waals surface area contributed by atoms with E-state index in [1.54, 1.807) is 12.1 Å². The average molecular weight is 356 g/mol. The van der Waals surface area contributed by atoms with Gasteiger partial charge in [-0.25, -0.2) is 4.39 Å². The van der Waals surface area contributed by atoms with Gasteiger partial charge in [0.05, 0.1) is 25.7 Å². The van der Waals surface area contributed by atoms with Gasteiger partial charge in [0.15, 0.2) is 0 Å². The molecule has 1 fully saturated rings. The van der Waals surface area contributed by atoms with E-state index in [2.05, 4.69) is 10.2 Å². The van der Waals surface area contributed by atoms with Gasteiger partial charge in [-0.05, 0) is 30.2 Å². The van der Waals surface area contributed by atoms with Crippen molar-refractivity contribution in [3.8, 4) is 0 Å². The fourth-order valence-corrected chi connectivity index (χ4v) is 3.31.